The van der Waals surface area contributed by atoms with Crippen LogP contribution in [0.25, 0.3) is 0 Å². The third-order valence-corrected chi connectivity index (χ3v) is 3.67. The molecule has 0 saturated heterocycles. The highest BCUT2D eigenvalue weighted by molar-refractivity contribution is 6.26. The Balaban J connectivity index is 1.77. The average Bonchev–Trinajstić information content (AvgIpc) is 2.93. The number of rotatable bonds is 2. The number of amidine groups is 2. The fourth-order valence-electron chi connectivity index (χ4n) is 2.54. The second kappa shape index (κ2) is 6.04. The molecule has 1 aliphatic rings. The molecule has 4 rings (SSSR count). The lowest BCUT2D eigenvalue weighted by molar-refractivity contribution is 1.27. The van der Waals surface area contributed by atoms with Crippen LogP contribution in [0.1, 0.15) is 16.7 Å². The van der Waals surface area contributed by atoms with Crippen LogP contribution < -0.4 is 5.32 Å². The number of fused-ring (bicyclic) bond motifs is 1. The van der Waals surface area contributed by atoms with E-state index in [4.69, 9.17) is 0 Å². The fourth-order valence-corrected chi connectivity index (χ4v) is 2.54. The van der Waals surface area contributed by atoms with E-state index in [1.807, 2.05) is 36.4 Å². The number of nitrogens with one attached hydrogen (secondary N) is 1. The van der Waals surface area contributed by atoms with Crippen LogP contribution in [0.5, 0.6) is 0 Å². The van der Waals surface area contributed by atoms with Gasteiger partial charge in [0.15, 0.2) is 11.7 Å². The summed E-state index contributed by atoms with van der Waals surface area (Å²) >= 11 is 0. The molecule has 0 amide bonds. The minimum absolute atomic E-state index is 0.641. The van der Waals surface area contributed by atoms with Crippen molar-refractivity contribution in [2.45, 2.75) is 6.92 Å². The second-order valence-electron chi connectivity index (χ2n) is 5.47. The summed E-state index contributed by atoms with van der Waals surface area (Å²) in [6.45, 7) is 2.06. The molecule has 116 valence electrons. The lowest BCUT2D eigenvalue weighted by atomic mass is 10.1. The molecule has 24 heavy (non-hydrogen) atoms. The normalized spacial score (nSPS) is 14.4. The molecule has 0 bridgehead atoms. The quantitative estimate of drug-likeness (QED) is 0.784. The summed E-state index contributed by atoms with van der Waals surface area (Å²) in [6, 6.07) is 17.6. The number of benzene rings is 1. The molecule has 0 atom stereocenters. The van der Waals surface area contributed by atoms with Gasteiger partial charge in [-0.3, -0.25) is 0 Å². The van der Waals surface area contributed by atoms with Crippen LogP contribution in [0.15, 0.2) is 77.0 Å². The number of hydrogen-bond acceptors (Lipinski definition) is 4. The zero-order valence-corrected chi connectivity index (χ0v) is 13.1. The summed E-state index contributed by atoms with van der Waals surface area (Å²) in [4.78, 5) is 17.8. The third-order valence-electron chi connectivity index (χ3n) is 3.67. The van der Waals surface area contributed by atoms with E-state index in [9.17, 15) is 0 Å². The van der Waals surface area contributed by atoms with Gasteiger partial charge in [0, 0.05) is 23.5 Å². The number of aryl methyl sites for hydroxylation is 1. The van der Waals surface area contributed by atoms with E-state index < -0.39 is 0 Å². The molecule has 0 saturated carbocycles. The minimum Gasteiger partial charge on any atom is -0.324 e. The highest BCUT2D eigenvalue weighted by Gasteiger charge is 2.22. The summed E-state index contributed by atoms with van der Waals surface area (Å²) in [6.07, 6.45) is 3.47. The van der Waals surface area contributed by atoms with Crippen molar-refractivity contribution in [2.75, 3.05) is 5.32 Å². The van der Waals surface area contributed by atoms with E-state index >= 15 is 0 Å². The highest BCUT2D eigenvalue weighted by atomic mass is 15.1. The maximum absolute atomic E-state index is 4.66. The van der Waals surface area contributed by atoms with Crippen LogP contribution in [-0.4, -0.2) is 21.6 Å². The van der Waals surface area contributed by atoms with Gasteiger partial charge < -0.3 is 5.32 Å². The predicted octanol–water partition coefficient (Wildman–Crippen LogP) is 3.74. The molecule has 5 heteroatoms. The Kier molecular flexibility index (Phi) is 3.59. The SMILES string of the molecule is Cc1ccc2c(c1)/C(=N/c1ccccn1)N=C2Nc1ccccn1. The van der Waals surface area contributed by atoms with E-state index in [-0.39, 0.29) is 0 Å². The van der Waals surface area contributed by atoms with Crippen LogP contribution >= 0.6 is 0 Å². The Hall–Kier alpha value is -3.34. The molecular formula is C19H15N5. The van der Waals surface area contributed by atoms with Crippen molar-refractivity contribution in [1.29, 1.82) is 0 Å². The number of pyridine rings is 2. The summed E-state index contributed by atoms with van der Waals surface area (Å²) in [7, 11) is 0. The van der Waals surface area contributed by atoms with E-state index in [2.05, 4.69) is 50.4 Å². The van der Waals surface area contributed by atoms with Crippen LogP contribution in [0.2, 0.25) is 0 Å². The maximum Gasteiger partial charge on any atom is 0.164 e. The summed E-state index contributed by atoms with van der Waals surface area (Å²) in [5.41, 5.74) is 3.18. The molecule has 3 aromatic rings. The molecule has 0 aliphatic carbocycles. The lowest BCUT2D eigenvalue weighted by Gasteiger charge is -2.06. The first-order valence-corrected chi connectivity index (χ1v) is 7.67. The van der Waals surface area contributed by atoms with Crippen molar-refractivity contribution in [2.24, 2.45) is 9.98 Å². The van der Waals surface area contributed by atoms with Gasteiger partial charge in [-0.15, -0.1) is 0 Å². The molecule has 0 fully saturated rings. The van der Waals surface area contributed by atoms with Gasteiger partial charge in [-0.25, -0.2) is 20.0 Å². The molecule has 0 spiro atoms. The molecule has 1 aliphatic heterocycles. The number of anilines is 1. The zero-order chi connectivity index (χ0) is 16.4. The fraction of sp³-hybridized carbons (Fsp3) is 0.0526. The van der Waals surface area contributed by atoms with Gasteiger partial charge in [-0.05, 0) is 37.3 Å². The first kappa shape index (κ1) is 14.3. The van der Waals surface area contributed by atoms with E-state index in [0.717, 1.165) is 28.3 Å². The van der Waals surface area contributed by atoms with E-state index in [1.54, 1.807) is 12.4 Å². The van der Waals surface area contributed by atoms with Gasteiger partial charge in [0.05, 0.1) is 0 Å². The topological polar surface area (TPSA) is 62.5 Å². The van der Waals surface area contributed by atoms with Gasteiger partial charge in [0.25, 0.3) is 0 Å². The summed E-state index contributed by atoms with van der Waals surface area (Å²) in [5, 5.41) is 3.27. The summed E-state index contributed by atoms with van der Waals surface area (Å²) in [5.74, 6) is 2.80. The molecule has 1 aromatic carbocycles. The van der Waals surface area contributed by atoms with Crippen molar-refractivity contribution in [3.63, 3.8) is 0 Å². The molecule has 0 unspecified atom stereocenters. The van der Waals surface area contributed by atoms with Crippen LogP contribution in [-0.2, 0) is 0 Å². The van der Waals surface area contributed by atoms with Gasteiger partial charge in [0.2, 0.25) is 0 Å². The van der Waals surface area contributed by atoms with Gasteiger partial charge >= 0.3 is 0 Å². The van der Waals surface area contributed by atoms with E-state index in [1.165, 1.54) is 0 Å². The second-order valence-corrected chi connectivity index (χ2v) is 5.47. The number of nitrogens with zero attached hydrogens (tertiary/aromatic N) is 4. The number of aliphatic imine (C=N–C) groups is 2. The standard InChI is InChI=1S/C19H15N5/c1-13-8-9-14-15(12-13)19(23-17-7-3-5-11-21-17)24-18(14)22-16-6-2-4-10-20-16/h2-12H,1H3,(H,20,21,22,23,24). The van der Waals surface area contributed by atoms with Gasteiger partial charge in [-0.1, -0.05) is 29.8 Å². The van der Waals surface area contributed by atoms with Crippen LogP contribution in [0.4, 0.5) is 11.6 Å². The Morgan fingerprint density at radius 2 is 1.71 bits per heavy atom. The number of aromatic nitrogens is 2. The molecule has 0 radical (unpaired) electrons. The predicted molar refractivity (Wildman–Crippen MR) is 96.0 cm³/mol. The molecule has 1 N–H and O–H groups in total. The Bertz CT molecular complexity index is 930. The Labute approximate surface area is 139 Å². The lowest BCUT2D eigenvalue weighted by Crippen LogP contribution is -2.12. The Morgan fingerprint density at radius 3 is 2.46 bits per heavy atom. The van der Waals surface area contributed by atoms with Crippen LogP contribution in [0.3, 0.4) is 0 Å². The zero-order valence-electron chi connectivity index (χ0n) is 13.1. The first-order valence-electron chi connectivity index (χ1n) is 7.67. The first-order chi connectivity index (χ1) is 11.8. The monoisotopic (exact) mass is 313 g/mol. The van der Waals surface area contributed by atoms with Gasteiger partial charge in [-0.2, -0.15) is 0 Å². The van der Waals surface area contributed by atoms with Crippen molar-refractivity contribution in [1.82, 2.24) is 9.97 Å². The summed E-state index contributed by atoms with van der Waals surface area (Å²) < 4.78 is 0. The molecule has 5 nitrogen and oxygen atoms in total. The van der Waals surface area contributed by atoms with Crippen molar-refractivity contribution in [3.05, 3.63) is 83.7 Å². The number of hydrogen-bond donors (Lipinski definition) is 1. The maximum atomic E-state index is 4.66. The Morgan fingerprint density at radius 1 is 0.875 bits per heavy atom. The molecular weight excluding hydrogens is 298 g/mol. The molecule has 2 aromatic heterocycles. The smallest absolute Gasteiger partial charge is 0.164 e. The molecule has 3 heterocycles. The third kappa shape index (κ3) is 2.79. The minimum atomic E-state index is 0.641. The van der Waals surface area contributed by atoms with Gasteiger partial charge in [0.1, 0.15) is 11.7 Å². The largest absolute Gasteiger partial charge is 0.324 e. The van der Waals surface area contributed by atoms with Crippen molar-refractivity contribution >= 4 is 23.3 Å². The van der Waals surface area contributed by atoms with E-state index in [0.29, 0.717) is 11.7 Å². The highest BCUT2D eigenvalue weighted by Crippen LogP contribution is 2.24. The van der Waals surface area contributed by atoms with Crippen molar-refractivity contribution in [3.8, 4) is 0 Å². The van der Waals surface area contributed by atoms with Crippen molar-refractivity contribution < 1.29 is 0 Å². The van der Waals surface area contributed by atoms with Crippen LogP contribution in [0, 0.1) is 6.92 Å². The average molecular weight is 313 g/mol.